The zero-order valence-corrected chi connectivity index (χ0v) is 16.7. The molecule has 1 N–H and O–H groups in total. The molecule has 0 atom stereocenters. The number of likely N-dealkylation sites (N-methyl/N-ethyl adjacent to an activating group) is 1. The number of nitrogens with zero attached hydrogens (tertiary/aromatic N) is 2. The fraction of sp³-hybridized carbons (Fsp3) is 0.316. The Bertz CT molecular complexity index is 1080. The Morgan fingerprint density at radius 2 is 2.08 bits per heavy atom. The minimum atomic E-state index is -0.214. The van der Waals surface area contributed by atoms with Gasteiger partial charge in [-0.1, -0.05) is 19.1 Å². The molecule has 1 amide bonds. The summed E-state index contributed by atoms with van der Waals surface area (Å²) >= 11 is 6.87. The number of amides is 1. The maximum absolute atomic E-state index is 12.9. The van der Waals surface area contributed by atoms with E-state index in [1.165, 1.54) is 15.9 Å². The van der Waals surface area contributed by atoms with Crippen LogP contribution in [0.4, 0.5) is 5.69 Å². The Morgan fingerprint density at radius 3 is 2.73 bits per heavy atom. The van der Waals surface area contributed by atoms with Gasteiger partial charge >= 0.3 is 0 Å². The smallest absolute Gasteiger partial charge is 0.263 e. The van der Waals surface area contributed by atoms with E-state index < -0.39 is 0 Å². The number of nitrogens with one attached hydrogen (secondary N) is 1. The number of hydrogen-bond acceptors (Lipinski definition) is 4. The molecule has 0 aliphatic heterocycles. The SMILES string of the molecule is CCc1cc2c(=O)n(CC(=O)N(CC)c3cccc(C)c3)c(=S)[nH]c2s1. The molecule has 0 radical (unpaired) electrons. The van der Waals surface area contributed by atoms with E-state index in [0.717, 1.165) is 27.4 Å². The lowest BCUT2D eigenvalue weighted by molar-refractivity contribution is -0.119. The molecule has 0 saturated carbocycles. The third-order valence-corrected chi connectivity index (χ3v) is 5.81. The van der Waals surface area contributed by atoms with Crippen LogP contribution >= 0.6 is 23.6 Å². The average molecular weight is 388 g/mol. The van der Waals surface area contributed by atoms with Gasteiger partial charge in [-0.05, 0) is 56.2 Å². The molecule has 5 nitrogen and oxygen atoms in total. The van der Waals surface area contributed by atoms with Gasteiger partial charge < -0.3 is 9.88 Å². The number of aryl methyl sites for hydroxylation is 2. The predicted octanol–water partition coefficient (Wildman–Crippen LogP) is 4.04. The number of hydrogen-bond donors (Lipinski definition) is 1. The second-order valence-electron chi connectivity index (χ2n) is 6.11. The largest absolute Gasteiger partial charge is 0.323 e. The topological polar surface area (TPSA) is 58.1 Å². The first-order chi connectivity index (χ1) is 12.4. The Kier molecular flexibility index (Phi) is 5.38. The van der Waals surface area contributed by atoms with Crippen LogP contribution in [0.2, 0.25) is 0 Å². The molecule has 0 fully saturated rings. The van der Waals surface area contributed by atoms with Gasteiger partial charge in [0, 0.05) is 17.1 Å². The summed E-state index contributed by atoms with van der Waals surface area (Å²) in [5, 5.41) is 0.590. The molecular formula is C19H21N3O2S2. The lowest BCUT2D eigenvalue weighted by atomic mass is 10.2. The van der Waals surface area contributed by atoms with E-state index in [1.54, 1.807) is 4.90 Å². The maximum Gasteiger partial charge on any atom is 0.263 e. The monoisotopic (exact) mass is 387 g/mol. The average Bonchev–Trinajstić information content (AvgIpc) is 3.02. The van der Waals surface area contributed by atoms with Crippen LogP contribution in [-0.4, -0.2) is 22.0 Å². The molecule has 0 spiro atoms. The van der Waals surface area contributed by atoms with Crippen LogP contribution < -0.4 is 10.5 Å². The van der Waals surface area contributed by atoms with Gasteiger partial charge in [-0.2, -0.15) is 0 Å². The van der Waals surface area contributed by atoms with E-state index in [1.807, 2.05) is 51.1 Å². The Labute approximate surface area is 160 Å². The van der Waals surface area contributed by atoms with Crippen molar-refractivity contribution in [2.75, 3.05) is 11.4 Å². The van der Waals surface area contributed by atoms with Crippen molar-refractivity contribution in [2.45, 2.75) is 33.7 Å². The number of anilines is 1. The molecule has 136 valence electrons. The van der Waals surface area contributed by atoms with Crippen molar-refractivity contribution < 1.29 is 4.79 Å². The Morgan fingerprint density at radius 1 is 1.31 bits per heavy atom. The number of H-pyrrole nitrogens is 1. The standard InChI is InChI=1S/C19H21N3O2S2/c1-4-14-10-15-17(26-14)20-19(25)22(18(15)24)11-16(23)21(5-2)13-8-6-7-12(3)9-13/h6-10H,4-5,11H2,1-3H3,(H,20,25). The van der Waals surface area contributed by atoms with E-state index in [0.29, 0.717) is 11.9 Å². The predicted molar refractivity (Wildman–Crippen MR) is 110 cm³/mol. The number of aromatic amines is 1. The highest BCUT2D eigenvalue weighted by atomic mass is 32.1. The van der Waals surface area contributed by atoms with Crippen molar-refractivity contribution in [3.8, 4) is 0 Å². The second-order valence-corrected chi connectivity index (χ2v) is 7.63. The van der Waals surface area contributed by atoms with Crippen LogP contribution in [0.5, 0.6) is 0 Å². The van der Waals surface area contributed by atoms with Crippen molar-refractivity contribution in [1.29, 1.82) is 0 Å². The van der Waals surface area contributed by atoms with Crippen LogP contribution in [0.3, 0.4) is 0 Å². The molecule has 0 saturated heterocycles. The minimum Gasteiger partial charge on any atom is -0.323 e. The molecule has 26 heavy (non-hydrogen) atoms. The molecule has 7 heteroatoms. The first kappa shape index (κ1) is 18.5. The van der Waals surface area contributed by atoms with Crippen molar-refractivity contribution >= 4 is 45.4 Å². The van der Waals surface area contributed by atoms with Gasteiger partial charge in [-0.15, -0.1) is 11.3 Å². The van der Waals surface area contributed by atoms with Gasteiger partial charge in [0.1, 0.15) is 11.4 Å². The third-order valence-electron chi connectivity index (χ3n) is 4.30. The highest BCUT2D eigenvalue weighted by Gasteiger charge is 2.17. The summed E-state index contributed by atoms with van der Waals surface area (Å²) in [6.45, 7) is 6.39. The summed E-state index contributed by atoms with van der Waals surface area (Å²) in [5.41, 5.74) is 1.69. The molecule has 0 aliphatic rings. The fourth-order valence-electron chi connectivity index (χ4n) is 2.93. The number of rotatable bonds is 5. The van der Waals surface area contributed by atoms with E-state index in [-0.39, 0.29) is 22.8 Å². The first-order valence-corrected chi connectivity index (χ1v) is 9.79. The zero-order chi connectivity index (χ0) is 18.8. The summed E-state index contributed by atoms with van der Waals surface area (Å²) in [4.78, 5) is 32.3. The third kappa shape index (κ3) is 3.50. The van der Waals surface area contributed by atoms with Crippen molar-refractivity contribution in [3.63, 3.8) is 0 Å². The molecule has 0 unspecified atom stereocenters. The van der Waals surface area contributed by atoms with Gasteiger partial charge in [0.2, 0.25) is 5.91 Å². The summed E-state index contributed by atoms with van der Waals surface area (Å²) in [7, 11) is 0. The van der Waals surface area contributed by atoms with Crippen molar-refractivity contribution in [1.82, 2.24) is 9.55 Å². The molecule has 0 aliphatic carbocycles. The lowest BCUT2D eigenvalue weighted by Gasteiger charge is -2.22. The van der Waals surface area contributed by atoms with E-state index in [4.69, 9.17) is 12.2 Å². The molecular weight excluding hydrogens is 366 g/mol. The molecule has 2 aromatic heterocycles. The highest BCUT2D eigenvalue weighted by molar-refractivity contribution is 7.71. The van der Waals surface area contributed by atoms with Crippen molar-refractivity contribution in [2.24, 2.45) is 0 Å². The number of aromatic nitrogens is 2. The molecule has 2 heterocycles. The molecule has 1 aromatic carbocycles. The number of carbonyl (C=O) groups excluding carboxylic acids is 1. The van der Waals surface area contributed by atoms with Gasteiger partial charge in [0.05, 0.1) is 5.39 Å². The lowest BCUT2D eigenvalue weighted by Crippen LogP contribution is -2.37. The van der Waals surface area contributed by atoms with Gasteiger partial charge in [0.25, 0.3) is 5.56 Å². The molecule has 3 aromatic rings. The fourth-order valence-corrected chi connectivity index (χ4v) is 4.23. The van der Waals surface area contributed by atoms with Gasteiger partial charge in [-0.25, -0.2) is 0 Å². The Balaban J connectivity index is 1.98. The number of fused-ring (bicyclic) bond motifs is 1. The van der Waals surface area contributed by atoms with E-state index in [2.05, 4.69) is 4.98 Å². The molecule has 0 bridgehead atoms. The van der Waals surface area contributed by atoms with Crippen LogP contribution in [-0.2, 0) is 17.8 Å². The van der Waals surface area contributed by atoms with Gasteiger partial charge in [-0.3, -0.25) is 14.2 Å². The number of thiophene rings is 1. The maximum atomic E-state index is 12.9. The summed E-state index contributed by atoms with van der Waals surface area (Å²) < 4.78 is 1.63. The van der Waals surface area contributed by atoms with Crippen LogP contribution in [0.1, 0.15) is 24.3 Å². The summed E-state index contributed by atoms with van der Waals surface area (Å²) in [6, 6.07) is 9.64. The van der Waals surface area contributed by atoms with Crippen molar-refractivity contribution in [3.05, 3.63) is 55.9 Å². The molecule has 3 rings (SSSR count). The van der Waals surface area contributed by atoms with Crippen LogP contribution in [0.15, 0.2) is 35.1 Å². The normalized spacial score (nSPS) is 11.0. The summed E-state index contributed by atoms with van der Waals surface area (Å²) in [6.07, 6.45) is 0.856. The quantitative estimate of drug-likeness (QED) is 0.672. The van der Waals surface area contributed by atoms with Crippen LogP contribution in [0.25, 0.3) is 10.2 Å². The highest BCUT2D eigenvalue weighted by Crippen LogP contribution is 2.21. The number of benzene rings is 1. The van der Waals surface area contributed by atoms with Gasteiger partial charge in [0.15, 0.2) is 4.77 Å². The first-order valence-electron chi connectivity index (χ1n) is 8.57. The second kappa shape index (κ2) is 7.55. The zero-order valence-electron chi connectivity index (χ0n) is 15.0. The Hall–Kier alpha value is -2.25. The number of carbonyl (C=O) groups is 1. The minimum absolute atomic E-state index is 0.0802. The van der Waals surface area contributed by atoms with E-state index in [9.17, 15) is 9.59 Å². The van der Waals surface area contributed by atoms with E-state index >= 15 is 0 Å². The van der Waals surface area contributed by atoms with Crippen LogP contribution in [0, 0.1) is 11.7 Å². The summed E-state index contributed by atoms with van der Waals surface area (Å²) in [5.74, 6) is -0.162.